The minimum absolute atomic E-state index is 0.162. The van der Waals surface area contributed by atoms with Gasteiger partial charge in [-0.1, -0.05) is 40.9 Å². The highest BCUT2D eigenvalue weighted by Gasteiger charge is 2.44. The van der Waals surface area contributed by atoms with Gasteiger partial charge in [0.2, 0.25) is 2.21 Å². The molecule has 0 spiro atoms. The number of sulfone groups is 1. The van der Waals surface area contributed by atoms with Crippen LogP contribution in [-0.4, -0.2) is 22.0 Å². The van der Waals surface area contributed by atoms with Gasteiger partial charge in [0.25, 0.3) is 0 Å². The maximum absolute atomic E-state index is 11.5. The van der Waals surface area contributed by atoms with E-state index in [4.69, 9.17) is 34.8 Å². The fourth-order valence-corrected chi connectivity index (χ4v) is 2.60. The van der Waals surface area contributed by atoms with Crippen LogP contribution in [0.15, 0.2) is 18.2 Å². The molecule has 0 aliphatic carbocycles. The molecule has 1 aromatic rings. The van der Waals surface area contributed by atoms with E-state index in [1.807, 2.05) is 0 Å². The number of halogens is 4. The molecule has 2 atom stereocenters. The number of rotatable bonds is 3. The van der Waals surface area contributed by atoms with Crippen LogP contribution in [0.25, 0.3) is 0 Å². The predicted octanol–water partition coefficient (Wildman–Crippen LogP) is 3.40. The third-order valence-corrected chi connectivity index (χ3v) is 7.88. The number of hydrogen-bond donors (Lipinski definition) is 1. The Kier molecular flexibility index (Phi) is 5.00. The van der Waals surface area contributed by atoms with Gasteiger partial charge >= 0.3 is 0 Å². The van der Waals surface area contributed by atoms with Crippen molar-refractivity contribution in [1.29, 1.82) is 0 Å². The summed E-state index contributed by atoms with van der Waals surface area (Å²) in [6.45, 7) is 0. The number of aliphatic hydroxyl groups excluding tert-OH is 1. The fraction of sp³-hybridized carbons (Fsp3) is 0.333. The molecule has 0 fully saturated rings. The lowest BCUT2D eigenvalue weighted by Crippen LogP contribution is -2.32. The molecule has 8 heteroatoms. The maximum atomic E-state index is 11.5. The second kappa shape index (κ2) is 5.38. The molecule has 0 aliphatic heterocycles. The topological polar surface area (TPSA) is 54.4 Å². The van der Waals surface area contributed by atoms with Gasteiger partial charge in [0.1, 0.15) is 6.10 Å². The molecule has 0 bridgehead atoms. The molecule has 0 heterocycles. The minimum Gasteiger partial charge on any atom is -0.385 e. The van der Waals surface area contributed by atoms with Gasteiger partial charge in [-0.05, 0) is 34.7 Å². The summed E-state index contributed by atoms with van der Waals surface area (Å²) in [6, 6.07) is 4.35. The second-order valence-corrected chi connectivity index (χ2v) is 10.3. The van der Waals surface area contributed by atoms with Crippen LogP contribution in [0.1, 0.15) is 11.7 Å². The van der Waals surface area contributed by atoms with Crippen LogP contribution < -0.4 is 0 Å². The molecule has 0 aromatic heterocycles. The Bertz CT molecular complexity index is 530. The zero-order valence-corrected chi connectivity index (χ0v) is 13.7. The van der Waals surface area contributed by atoms with Crippen LogP contribution >= 0.6 is 57.4 Å². The molecule has 0 aliphatic rings. The summed E-state index contributed by atoms with van der Waals surface area (Å²) in [5, 5.41) is 10.6. The quantitative estimate of drug-likeness (QED) is 0.592. The Hall–Kier alpha value is 0.730. The van der Waals surface area contributed by atoms with Crippen molar-refractivity contribution >= 4 is 67.2 Å². The van der Waals surface area contributed by atoms with E-state index in [9.17, 15) is 13.5 Å². The summed E-state index contributed by atoms with van der Waals surface area (Å²) in [5.41, 5.74) is 0.214. The monoisotopic (exact) mass is 428 g/mol. The molecule has 96 valence electrons. The second-order valence-electron chi connectivity index (χ2n) is 3.40. The lowest BCUT2D eigenvalue weighted by atomic mass is 10.1. The number of aliphatic hydroxyl groups is 1. The first-order chi connectivity index (χ1) is 7.57. The van der Waals surface area contributed by atoms with Crippen LogP contribution in [0.3, 0.4) is 0 Å². The molecule has 17 heavy (non-hydrogen) atoms. The largest absolute Gasteiger partial charge is 0.385 e. The summed E-state index contributed by atoms with van der Waals surface area (Å²) in [5.74, 6) is 0. The highest BCUT2D eigenvalue weighted by atomic mass is 127. The average Bonchev–Trinajstić information content (AvgIpc) is 2.14. The summed E-state index contributed by atoms with van der Waals surface area (Å²) in [7, 11) is -3.67. The van der Waals surface area contributed by atoms with Crippen molar-refractivity contribution in [2.45, 2.75) is 8.32 Å². The van der Waals surface area contributed by atoms with Crippen molar-refractivity contribution in [1.82, 2.24) is 0 Å². The van der Waals surface area contributed by atoms with E-state index in [1.165, 1.54) is 40.8 Å². The number of benzene rings is 1. The Morgan fingerprint density at radius 1 is 1.41 bits per heavy atom. The van der Waals surface area contributed by atoms with Gasteiger partial charge in [0.15, 0.2) is 9.84 Å². The van der Waals surface area contributed by atoms with Gasteiger partial charge in [-0.2, -0.15) is 0 Å². The van der Waals surface area contributed by atoms with Crippen molar-refractivity contribution in [3.8, 4) is 0 Å². The Balaban J connectivity index is 3.26. The summed E-state index contributed by atoms with van der Waals surface area (Å²) in [4.78, 5) is 0. The van der Waals surface area contributed by atoms with E-state index in [0.717, 1.165) is 6.26 Å². The van der Waals surface area contributed by atoms with Gasteiger partial charge in [-0.15, -0.1) is 0 Å². The summed E-state index contributed by atoms with van der Waals surface area (Å²) in [6.07, 6.45) is -0.510. The first kappa shape index (κ1) is 15.8. The number of alkyl halides is 2. The molecule has 1 aromatic carbocycles. The minimum atomic E-state index is -3.67. The Labute approximate surface area is 128 Å². The van der Waals surface area contributed by atoms with Gasteiger partial charge < -0.3 is 5.11 Å². The highest BCUT2D eigenvalue weighted by Crippen LogP contribution is 2.44. The third-order valence-electron chi connectivity index (χ3n) is 2.07. The van der Waals surface area contributed by atoms with Crippen molar-refractivity contribution in [2.24, 2.45) is 0 Å². The van der Waals surface area contributed by atoms with Crippen molar-refractivity contribution < 1.29 is 13.5 Å². The molecule has 0 saturated heterocycles. The standard InChI is InChI=1S/C9H8Cl3IO3S/c1-17(15,16)9(12,13)8(14)6-3-2-5(10)4-7(6)11/h2-4,8,14H,1H3/t8-,9+/m1/s1. The molecule has 0 radical (unpaired) electrons. The van der Waals surface area contributed by atoms with E-state index in [-0.39, 0.29) is 10.6 Å². The maximum Gasteiger partial charge on any atom is 0.225 e. The van der Waals surface area contributed by atoms with Gasteiger partial charge in [-0.25, -0.2) is 8.42 Å². The normalized spacial score (nSPS) is 17.5. The van der Waals surface area contributed by atoms with Crippen LogP contribution in [-0.2, 0) is 9.84 Å². The zero-order valence-electron chi connectivity index (χ0n) is 8.49. The van der Waals surface area contributed by atoms with Crippen LogP contribution in [0, 0.1) is 0 Å². The first-order valence-electron chi connectivity index (χ1n) is 4.28. The molecule has 3 nitrogen and oxygen atoms in total. The predicted molar refractivity (Wildman–Crippen MR) is 78.9 cm³/mol. The van der Waals surface area contributed by atoms with Gasteiger partial charge in [0, 0.05) is 21.9 Å². The van der Waals surface area contributed by atoms with Crippen molar-refractivity contribution in [3.05, 3.63) is 33.8 Å². The SMILES string of the molecule is CS(=O)(=O)[C@@](Cl)(I)[C@H](O)c1ccc(Cl)cc1Cl. The molecular formula is C9H8Cl3IO3S. The van der Waals surface area contributed by atoms with Crippen molar-refractivity contribution in [2.75, 3.05) is 6.26 Å². The molecule has 1 rings (SSSR count). The fourth-order valence-electron chi connectivity index (χ4n) is 1.11. The summed E-state index contributed by atoms with van der Waals surface area (Å²) >= 11 is 18.9. The van der Waals surface area contributed by atoms with E-state index in [2.05, 4.69) is 0 Å². The lowest BCUT2D eigenvalue weighted by Gasteiger charge is -2.25. The molecule has 1 N–H and O–H groups in total. The van der Waals surface area contributed by atoms with Gasteiger partial charge in [-0.3, -0.25) is 0 Å². The zero-order chi connectivity index (χ0) is 13.4. The molecular weight excluding hydrogens is 421 g/mol. The molecule has 0 saturated carbocycles. The molecule has 0 amide bonds. The van der Waals surface area contributed by atoms with E-state index in [1.54, 1.807) is 0 Å². The Morgan fingerprint density at radius 3 is 2.35 bits per heavy atom. The van der Waals surface area contributed by atoms with Gasteiger partial charge in [0.05, 0.1) is 0 Å². The van der Waals surface area contributed by atoms with Crippen LogP contribution in [0.2, 0.25) is 10.0 Å². The van der Waals surface area contributed by atoms with E-state index < -0.39 is 18.2 Å². The van der Waals surface area contributed by atoms with E-state index in [0.29, 0.717) is 5.02 Å². The average molecular weight is 429 g/mol. The molecule has 0 unspecified atom stereocenters. The number of hydrogen-bond acceptors (Lipinski definition) is 3. The Morgan fingerprint density at radius 2 is 1.94 bits per heavy atom. The third kappa shape index (κ3) is 3.39. The van der Waals surface area contributed by atoms with E-state index >= 15 is 0 Å². The first-order valence-corrected chi connectivity index (χ1v) is 8.38. The lowest BCUT2D eigenvalue weighted by molar-refractivity contribution is 0.188. The van der Waals surface area contributed by atoms with Crippen LogP contribution in [0.5, 0.6) is 0 Å². The smallest absolute Gasteiger partial charge is 0.225 e. The highest BCUT2D eigenvalue weighted by molar-refractivity contribution is 14.1. The van der Waals surface area contributed by atoms with Crippen LogP contribution in [0.4, 0.5) is 0 Å². The van der Waals surface area contributed by atoms with Crippen molar-refractivity contribution in [3.63, 3.8) is 0 Å². The summed E-state index contributed by atoms with van der Waals surface area (Å²) < 4.78 is 21.1.